The molecule has 1 aliphatic rings. The van der Waals surface area contributed by atoms with Crippen molar-refractivity contribution in [2.75, 3.05) is 20.2 Å². The van der Waals surface area contributed by atoms with E-state index < -0.39 is 0 Å². The molecule has 2 aromatic rings. The number of H-pyrrole nitrogens is 1. The maximum atomic E-state index is 5.53. The summed E-state index contributed by atoms with van der Waals surface area (Å²) in [4.78, 5) is 4.22. The van der Waals surface area contributed by atoms with E-state index >= 15 is 0 Å². The van der Waals surface area contributed by atoms with Gasteiger partial charge in [-0.15, -0.1) is 0 Å². The molecule has 0 aliphatic carbocycles. The lowest BCUT2D eigenvalue weighted by molar-refractivity contribution is 0.357. The van der Waals surface area contributed by atoms with Gasteiger partial charge in [-0.2, -0.15) is 5.10 Å². The Labute approximate surface area is 130 Å². The molecule has 6 heteroatoms. The Hall–Kier alpha value is -2.50. The SMILES string of the molecule is CN=C(NCCc1ccc2c(c1)CCO2)NCc1ccn[nH]1. The molecular weight excluding hydrogens is 278 g/mol. The van der Waals surface area contributed by atoms with E-state index in [1.165, 1.54) is 11.1 Å². The van der Waals surface area contributed by atoms with E-state index in [0.717, 1.165) is 43.4 Å². The predicted octanol–water partition coefficient (Wildman–Crippen LogP) is 1.25. The standard InChI is InChI=1S/C16H21N5O/c1-17-16(19-11-14-5-8-20-21-14)18-7-4-12-2-3-15-13(10-12)6-9-22-15/h2-3,5,8,10H,4,6-7,9,11H2,1H3,(H,20,21)(H2,17,18,19). The largest absolute Gasteiger partial charge is 0.493 e. The third-order valence-corrected chi connectivity index (χ3v) is 3.69. The van der Waals surface area contributed by atoms with Crippen LogP contribution >= 0.6 is 0 Å². The summed E-state index contributed by atoms with van der Waals surface area (Å²) < 4.78 is 5.53. The Kier molecular flexibility index (Phi) is 4.58. The molecule has 3 N–H and O–H groups in total. The van der Waals surface area contributed by atoms with E-state index in [4.69, 9.17) is 4.74 Å². The monoisotopic (exact) mass is 299 g/mol. The summed E-state index contributed by atoms with van der Waals surface area (Å²) in [5, 5.41) is 13.4. The van der Waals surface area contributed by atoms with Crippen molar-refractivity contribution in [1.82, 2.24) is 20.8 Å². The van der Waals surface area contributed by atoms with Crippen molar-refractivity contribution >= 4 is 5.96 Å². The van der Waals surface area contributed by atoms with Gasteiger partial charge in [0.15, 0.2) is 5.96 Å². The highest BCUT2D eigenvalue weighted by Crippen LogP contribution is 2.25. The van der Waals surface area contributed by atoms with Gasteiger partial charge in [0.05, 0.1) is 18.8 Å². The first-order chi connectivity index (χ1) is 10.8. The Bertz CT molecular complexity index is 636. The molecule has 0 amide bonds. The number of benzene rings is 1. The van der Waals surface area contributed by atoms with Crippen LogP contribution in [0.3, 0.4) is 0 Å². The zero-order chi connectivity index (χ0) is 15.2. The van der Waals surface area contributed by atoms with Crippen LogP contribution in [0.1, 0.15) is 16.8 Å². The van der Waals surface area contributed by atoms with E-state index in [1.807, 2.05) is 6.07 Å². The minimum atomic E-state index is 0.676. The molecule has 0 unspecified atom stereocenters. The number of guanidine groups is 1. The Morgan fingerprint density at radius 3 is 3.14 bits per heavy atom. The average molecular weight is 299 g/mol. The number of nitrogens with zero attached hydrogens (tertiary/aromatic N) is 2. The Balaban J connectivity index is 1.45. The van der Waals surface area contributed by atoms with Gasteiger partial charge in [-0.3, -0.25) is 10.1 Å². The second-order valence-electron chi connectivity index (χ2n) is 5.22. The lowest BCUT2D eigenvalue weighted by Gasteiger charge is -2.11. The molecule has 0 spiro atoms. The molecule has 2 heterocycles. The Morgan fingerprint density at radius 2 is 2.32 bits per heavy atom. The van der Waals surface area contributed by atoms with Gasteiger partial charge in [0.2, 0.25) is 0 Å². The maximum absolute atomic E-state index is 5.53. The first kappa shape index (κ1) is 14.4. The van der Waals surface area contributed by atoms with E-state index in [-0.39, 0.29) is 0 Å². The molecular formula is C16H21N5O. The van der Waals surface area contributed by atoms with Crippen molar-refractivity contribution in [3.63, 3.8) is 0 Å². The second-order valence-corrected chi connectivity index (χ2v) is 5.22. The summed E-state index contributed by atoms with van der Waals surface area (Å²) in [6.45, 7) is 2.32. The van der Waals surface area contributed by atoms with Crippen molar-refractivity contribution in [2.24, 2.45) is 4.99 Å². The molecule has 0 atom stereocenters. The van der Waals surface area contributed by atoms with Gasteiger partial charge in [0.25, 0.3) is 0 Å². The molecule has 0 saturated heterocycles. The zero-order valence-corrected chi connectivity index (χ0v) is 12.7. The van der Waals surface area contributed by atoms with Crippen LogP contribution in [-0.4, -0.2) is 36.4 Å². The zero-order valence-electron chi connectivity index (χ0n) is 12.7. The van der Waals surface area contributed by atoms with Gasteiger partial charge in [0, 0.05) is 26.2 Å². The average Bonchev–Trinajstić information content (AvgIpc) is 3.21. The summed E-state index contributed by atoms with van der Waals surface area (Å²) in [7, 11) is 1.77. The maximum Gasteiger partial charge on any atom is 0.191 e. The second kappa shape index (κ2) is 6.98. The number of aliphatic imine (C=N–C) groups is 1. The molecule has 6 nitrogen and oxygen atoms in total. The fourth-order valence-corrected chi connectivity index (χ4v) is 2.50. The summed E-state index contributed by atoms with van der Waals surface area (Å²) in [6.07, 6.45) is 3.72. The number of rotatable bonds is 5. The number of hydrogen-bond acceptors (Lipinski definition) is 3. The summed E-state index contributed by atoms with van der Waals surface area (Å²) in [5.41, 5.74) is 3.67. The Morgan fingerprint density at radius 1 is 1.36 bits per heavy atom. The molecule has 0 radical (unpaired) electrons. The molecule has 0 bridgehead atoms. The highest BCUT2D eigenvalue weighted by molar-refractivity contribution is 5.79. The van der Waals surface area contributed by atoms with Gasteiger partial charge in [-0.05, 0) is 29.7 Å². The normalized spacial score (nSPS) is 13.6. The lowest BCUT2D eigenvalue weighted by Crippen LogP contribution is -2.37. The van der Waals surface area contributed by atoms with Gasteiger partial charge >= 0.3 is 0 Å². The minimum absolute atomic E-state index is 0.676. The van der Waals surface area contributed by atoms with E-state index in [9.17, 15) is 0 Å². The van der Waals surface area contributed by atoms with E-state index in [1.54, 1.807) is 13.2 Å². The third kappa shape index (κ3) is 3.58. The number of ether oxygens (including phenoxy) is 1. The van der Waals surface area contributed by atoms with Crippen molar-refractivity contribution in [1.29, 1.82) is 0 Å². The first-order valence-corrected chi connectivity index (χ1v) is 7.52. The number of aromatic nitrogens is 2. The molecule has 116 valence electrons. The number of hydrogen-bond donors (Lipinski definition) is 3. The third-order valence-electron chi connectivity index (χ3n) is 3.69. The van der Waals surface area contributed by atoms with Gasteiger partial charge in [0.1, 0.15) is 5.75 Å². The van der Waals surface area contributed by atoms with Crippen LogP contribution in [0.2, 0.25) is 0 Å². The van der Waals surface area contributed by atoms with Crippen LogP contribution in [-0.2, 0) is 19.4 Å². The van der Waals surface area contributed by atoms with Gasteiger partial charge in [-0.1, -0.05) is 12.1 Å². The molecule has 0 saturated carbocycles. The highest BCUT2D eigenvalue weighted by Gasteiger charge is 2.11. The molecule has 1 aromatic carbocycles. The highest BCUT2D eigenvalue weighted by atomic mass is 16.5. The fourth-order valence-electron chi connectivity index (χ4n) is 2.50. The van der Waals surface area contributed by atoms with Crippen LogP contribution in [0.15, 0.2) is 35.5 Å². The quantitative estimate of drug-likeness (QED) is 0.574. The van der Waals surface area contributed by atoms with Crippen LogP contribution in [0.4, 0.5) is 0 Å². The summed E-state index contributed by atoms with van der Waals surface area (Å²) in [6, 6.07) is 8.38. The first-order valence-electron chi connectivity index (χ1n) is 7.52. The minimum Gasteiger partial charge on any atom is -0.493 e. The van der Waals surface area contributed by atoms with Crippen LogP contribution < -0.4 is 15.4 Å². The van der Waals surface area contributed by atoms with Crippen molar-refractivity contribution in [2.45, 2.75) is 19.4 Å². The van der Waals surface area contributed by atoms with E-state index in [2.05, 4.69) is 44.0 Å². The molecule has 1 aliphatic heterocycles. The number of nitrogens with one attached hydrogen (secondary N) is 3. The fraction of sp³-hybridized carbons (Fsp3) is 0.375. The summed E-state index contributed by atoms with van der Waals surface area (Å²) in [5.74, 6) is 1.83. The number of fused-ring (bicyclic) bond motifs is 1. The van der Waals surface area contributed by atoms with Gasteiger partial charge < -0.3 is 15.4 Å². The predicted molar refractivity (Wildman–Crippen MR) is 86.1 cm³/mol. The van der Waals surface area contributed by atoms with Crippen molar-refractivity contribution in [3.05, 3.63) is 47.3 Å². The van der Waals surface area contributed by atoms with Crippen LogP contribution in [0, 0.1) is 0 Å². The van der Waals surface area contributed by atoms with E-state index in [0.29, 0.717) is 6.54 Å². The summed E-state index contributed by atoms with van der Waals surface area (Å²) >= 11 is 0. The lowest BCUT2D eigenvalue weighted by atomic mass is 10.1. The van der Waals surface area contributed by atoms with Crippen molar-refractivity contribution < 1.29 is 4.74 Å². The number of aromatic amines is 1. The van der Waals surface area contributed by atoms with Gasteiger partial charge in [-0.25, -0.2) is 0 Å². The van der Waals surface area contributed by atoms with Crippen LogP contribution in [0.5, 0.6) is 5.75 Å². The smallest absolute Gasteiger partial charge is 0.191 e. The molecule has 22 heavy (non-hydrogen) atoms. The molecule has 1 aromatic heterocycles. The molecule has 3 rings (SSSR count). The van der Waals surface area contributed by atoms with Crippen LogP contribution in [0.25, 0.3) is 0 Å². The van der Waals surface area contributed by atoms with Crippen molar-refractivity contribution in [3.8, 4) is 5.75 Å². The molecule has 0 fully saturated rings. The topological polar surface area (TPSA) is 74.3 Å².